The zero-order valence-electron chi connectivity index (χ0n) is 39.1. The lowest BCUT2D eigenvalue weighted by Crippen LogP contribution is -2.54. The summed E-state index contributed by atoms with van der Waals surface area (Å²) in [6.07, 6.45) is 9.08. The zero-order chi connectivity index (χ0) is 43.2. The minimum absolute atomic E-state index is 0.0110. The highest BCUT2D eigenvalue weighted by Crippen LogP contribution is 2.44. The lowest BCUT2D eigenvalue weighted by Gasteiger charge is -2.46. The average molecular weight is 838 g/mol. The third kappa shape index (κ3) is 15.2. The second-order valence-electron chi connectivity index (χ2n) is 21.3. The number of allylic oxidation sites excluding steroid dienone is 1. The number of Topliss-reactive ketones (excluding diaryl/α,β-unsaturated/α-hetero) is 1. The van der Waals surface area contributed by atoms with E-state index in [2.05, 4.69) is 144 Å². The molecule has 7 nitrogen and oxygen atoms in total. The number of ketones is 1. The number of rotatable bonds is 21. The van der Waals surface area contributed by atoms with Gasteiger partial charge in [-0.2, -0.15) is 0 Å². The fraction of sp³-hybridized carbons (Fsp3) is 0.795. The van der Waals surface area contributed by atoms with E-state index in [4.69, 9.17) is 13.3 Å². The molecule has 0 aliphatic heterocycles. The van der Waals surface area contributed by atoms with E-state index in [9.17, 15) is 14.7 Å². The number of thiazole rings is 1. The maximum absolute atomic E-state index is 14.7. The van der Waals surface area contributed by atoms with E-state index in [1.54, 1.807) is 11.3 Å². The molecule has 1 aromatic rings. The number of aryl methyl sites for hydroxylation is 1. The van der Waals surface area contributed by atoms with E-state index < -0.39 is 48.4 Å². The highest BCUT2D eigenvalue weighted by molar-refractivity contribution is 7.09. The van der Waals surface area contributed by atoms with E-state index >= 15 is 0 Å². The zero-order valence-corrected chi connectivity index (χ0v) is 42.9. The molecule has 11 heteroatoms. The van der Waals surface area contributed by atoms with Crippen LogP contribution in [0.2, 0.25) is 54.4 Å². The Morgan fingerprint density at radius 2 is 1.31 bits per heavy atom. The third-order valence-corrected chi connectivity index (χ3v) is 27.3. The normalized spacial score (nSPS) is 17.3. The van der Waals surface area contributed by atoms with Crippen molar-refractivity contribution in [1.29, 1.82) is 0 Å². The highest BCUT2D eigenvalue weighted by atomic mass is 32.1. The number of aromatic nitrogens is 1. The second-order valence-corrected chi connectivity index (χ2v) is 36.7. The number of carboxylic acid groups (broad SMARTS) is 1. The van der Waals surface area contributed by atoms with Gasteiger partial charge in [0.05, 0.1) is 35.4 Å². The lowest BCUT2D eigenvalue weighted by atomic mass is 9.73. The quantitative estimate of drug-likeness (QED) is 0.0748. The summed E-state index contributed by atoms with van der Waals surface area (Å²) in [7, 11) is -6.65. The van der Waals surface area contributed by atoms with Crippen molar-refractivity contribution in [2.24, 2.45) is 17.3 Å². The van der Waals surface area contributed by atoms with Crippen LogP contribution in [0.3, 0.4) is 0 Å². The summed E-state index contributed by atoms with van der Waals surface area (Å²) in [6.45, 7) is 45.5. The molecule has 318 valence electrons. The molecular weight excluding hydrogens is 755 g/mol. The van der Waals surface area contributed by atoms with E-state index in [-0.39, 0.29) is 45.4 Å². The van der Waals surface area contributed by atoms with E-state index in [1.165, 1.54) is 5.57 Å². The first kappa shape index (κ1) is 51.8. The molecule has 0 bridgehead atoms. The third-order valence-electron chi connectivity index (χ3n) is 13.1. The van der Waals surface area contributed by atoms with Gasteiger partial charge >= 0.3 is 5.97 Å². The van der Waals surface area contributed by atoms with Gasteiger partial charge in [-0.05, 0) is 111 Å². The van der Waals surface area contributed by atoms with E-state index in [0.29, 0.717) is 0 Å². The fourth-order valence-corrected chi connectivity index (χ4v) is 10.8. The van der Waals surface area contributed by atoms with Crippen molar-refractivity contribution < 1.29 is 28.0 Å². The molecule has 0 saturated carbocycles. The predicted octanol–water partition coefficient (Wildman–Crippen LogP) is 13.5. The molecule has 5 atom stereocenters. The first-order valence-corrected chi connectivity index (χ1v) is 30.2. The number of carbonyl (C=O) groups excluding carboxylic acids is 1. The van der Waals surface area contributed by atoms with Gasteiger partial charge in [-0.15, -0.1) is 11.3 Å². The summed E-state index contributed by atoms with van der Waals surface area (Å²) < 4.78 is 20.8. The number of hydrogen-bond donors (Lipinski definition) is 1. The molecule has 1 heterocycles. The van der Waals surface area contributed by atoms with Gasteiger partial charge in [-0.1, -0.05) is 102 Å². The summed E-state index contributed by atoms with van der Waals surface area (Å²) in [4.78, 5) is 31.5. The molecule has 1 aromatic heterocycles. The number of unbranched alkanes of at least 4 members (excludes halogenated alkanes) is 1. The van der Waals surface area contributed by atoms with Crippen molar-refractivity contribution in [2.45, 2.75) is 209 Å². The van der Waals surface area contributed by atoms with Gasteiger partial charge in [0, 0.05) is 16.7 Å². The molecule has 1 N–H and O–H groups in total. The van der Waals surface area contributed by atoms with E-state index in [0.717, 1.165) is 36.4 Å². The molecule has 0 aliphatic carbocycles. The monoisotopic (exact) mass is 838 g/mol. The number of hydrogen-bond acceptors (Lipinski definition) is 7. The maximum Gasteiger partial charge on any atom is 0.305 e. The summed E-state index contributed by atoms with van der Waals surface area (Å²) in [5.41, 5.74) is 1.17. The van der Waals surface area contributed by atoms with Gasteiger partial charge in [0.25, 0.3) is 0 Å². The predicted molar refractivity (Wildman–Crippen MR) is 244 cm³/mol. The molecule has 0 radical (unpaired) electrons. The molecular formula is C44H83NO6SSi3. The van der Waals surface area contributed by atoms with Crippen molar-refractivity contribution in [3.8, 4) is 0 Å². The average Bonchev–Trinajstić information content (AvgIpc) is 3.41. The number of aliphatic carboxylic acids is 1. The molecule has 55 heavy (non-hydrogen) atoms. The SMILES string of the molecule is CC(=Cc1csc(C)n1)C(CC=CCCC[C@H](C)[C@H](O[Si](C)(C)C(C)(C)C)[C@@H](C)C(=O)C(C)(C)[C@H](CC(=O)O)O[Si](C)(C)C(C)(C)C)O[Si](C)(C)C(C)(C)C. The Labute approximate surface area is 345 Å². The molecule has 0 amide bonds. The van der Waals surface area contributed by atoms with Crippen LogP contribution in [0.1, 0.15) is 140 Å². The van der Waals surface area contributed by atoms with Crippen molar-refractivity contribution in [2.75, 3.05) is 0 Å². The van der Waals surface area contributed by atoms with Gasteiger partial charge in [-0.3, -0.25) is 9.59 Å². The second kappa shape index (κ2) is 19.7. The highest BCUT2D eigenvalue weighted by Gasteiger charge is 2.50. The van der Waals surface area contributed by atoms with Gasteiger partial charge in [0.1, 0.15) is 5.78 Å². The number of carboxylic acids is 1. The topological polar surface area (TPSA) is 95.0 Å². The molecule has 0 saturated heterocycles. The molecule has 0 spiro atoms. The fourth-order valence-electron chi connectivity index (χ4n) is 5.95. The largest absolute Gasteiger partial charge is 0.481 e. The van der Waals surface area contributed by atoms with Crippen LogP contribution in [-0.4, -0.2) is 65.1 Å². The van der Waals surface area contributed by atoms with Crippen LogP contribution >= 0.6 is 11.3 Å². The van der Waals surface area contributed by atoms with Crippen molar-refractivity contribution in [3.63, 3.8) is 0 Å². The minimum Gasteiger partial charge on any atom is -0.481 e. The standard InChI is InChI=1S/C44H83NO6SSi3/c1-31(26-24-22-23-25-27-36(49-53(16,17)41(5,6)7)32(2)28-35-30-52-34(4)45-35)39(51-55(20,21)43(11,12)13)33(3)40(48)44(14,15)37(29-38(46)47)50-54(18,19)42(8,9)10/h23,25,28,30-31,33,36-37,39H,22,24,26-27,29H2,1-21H3,(H,46,47)/t31-,33+,36?,37-,39-/m0/s1. The van der Waals surface area contributed by atoms with Gasteiger partial charge in [0.15, 0.2) is 25.0 Å². The Bertz CT molecular complexity index is 1460. The van der Waals surface area contributed by atoms with Crippen molar-refractivity contribution >= 4 is 54.1 Å². The summed E-state index contributed by atoms with van der Waals surface area (Å²) in [5.74, 6) is -1.25. The molecule has 1 unspecified atom stereocenters. The van der Waals surface area contributed by atoms with Crippen molar-refractivity contribution in [3.05, 3.63) is 33.8 Å². The first-order chi connectivity index (χ1) is 24.6. The Balaban J connectivity index is 3.29. The molecule has 0 aromatic carbocycles. The molecule has 0 fully saturated rings. The van der Waals surface area contributed by atoms with Gasteiger partial charge in [0.2, 0.25) is 0 Å². The Hall–Kier alpha value is -1.22. The van der Waals surface area contributed by atoms with Crippen LogP contribution in [0.15, 0.2) is 23.1 Å². The van der Waals surface area contributed by atoms with Crippen LogP contribution < -0.4 is 0 Å². The van der Waals surface area contributed by atoms with Gasteiger partial charge in [-0.25, -0.2) is 4.98 Å². The van der Waals surface area contributed by atoms with Crippen LogP contribution in [-0.2, 0) is 22.9 Å². The Kier molecular flexibility index (Phi) is 18.5. The number of carbonyl (C=O) groups is 2. The summed E-state index contributed by atoms with van der Waals surface area (Å²) in [5, 5.41) is 13.1. The summed E-state index contributed by atoms with van der Waals surface area (Å²) in [6, 6.07) is 0. The molecule has 0 aliphatic rings. The number of nitrogens with zero attached hydrogens (tertiary/aromatic N) is 1. The maximum atomic E-state index is 14.7. The minimum atomic E-state index is -2.38. The lowest BCUT2D eigenvalue weighted by molar-refractivity contribution is -0.146. The Morgan fingerprint density at radius 3 is 1.76 bits per heavy atom. The smallest absolute Gasteiger partial charge is 0.305 e. The Morgan fingerprint density at radius 1 is 0.818 bits per heavy atom. The van der Waals surface area contributed by atoms with Crippen LogP contribution in [0.4, 0.5) is 0 Å². The first-order valence-electron chi connectivity index (χ1n) is 20.6. The molecule has 1 rings (SSSR count). The van der Waals surface area contributed by atoms with E-state index in [1.807, 2.05) is 27.7 Å². The van der Waals surface area contributed by atoms with Crippen LogP contribution in [0, 0.1) is 24.2 Å². The summed E-state index contributed by atoms with van der Waals surface area (Å²) >= 11 is 1.67. The van der Waals surface area contributed by atoms with Gasteiger partial charge < -0.3 is 18.4 Å². The van der Waals surface area contributed by atoms with Crippen LogP contribution in [0.25, 0.3) is 6.08 Å². The van der Waals surface area contributed by atoms with Crippen LogP contribution in [0.5, 0.6) is 0 Å². The van der Waals surface area contributed by atoms with Crippen molar-refractivity contribution in [1.82, 2.24) is 4.98 Å².